The number of carbonyl (C=O) groups is 1. The molecule has 4 fully saturated rings. The molecule has 4 saturated carbocycles. The van der Waals surface area contributed by atoms with Gasteiger partial charge in [0, 0.05) is 0 Å². The Hall–Kier alpha value is -2.34. The Kier molecular flexibility index (Phi) is 6.21. The molecule has 0 saturated heterocycles. The molecule has 34 heavy (non-hydrogen) atoms. The number of carbonyl (C=O) groups excluding carboxylic acids is 1. The van der Waals surface area contributed by atoms with Crippen LogP contribution in [0.15, 0.2) is 54.6 Å². The van der Waals surface area contributed by atoms with Crippen molar-refractivity contribution in [3.63, 3.8) is 0 Å². The number of nitrogens with zero attached hydrogens (tertiary/aromatic N) is 1. The van der Waals surface area contributed by atoms with Crippen LogP contribution in [0.5, 0.6) is 0 Å². The van der Waals surface area contributed by atoms with Gasteiger partial charge in [-0.25, -0.2) is 8.42 Å². The summed E-state index contributed by atoms with van der Waals surface area (Å²) in [4.78, 5) is 12.9. The molecule has 0 aliphatic heterocycles. The molecular weight excluding hydrogens is 444 g/mol. The van der Waals surface area contributed by atoms with E-state index in [0.29, 0.717) is 5.69 Å². The van der Waals surface area contributed by atoms with E-state index in [4.69, 9.17) is 0 Å². The zero-order chi connectivity index (χ0) is 23.9. The summed E-state index contributed by atoms with van der Waals surface area (Å²) in [6, 6.07) is 17.7. The van der Waals surface area contributed by atoms with E-state index < -0.39 is 10.0 Å². The molecule has 0 heterocycles. The molecule has 0 aromatic heterocycles. The molecule has 5 nitrogen and oxygen atoms in total. The van der Waals surface area contributed by atoms with Gasteiger partial charge in [-0.2, -0.15) is 0 Å². The Morgan fingerprint density at radius 3 is 2.03 bits per heavy atom. The van der Waals surface area contributed by atoms with Crippen LogP contribution in [0.1, 0.15) is 69.0 Å². The van der Waals surface area contributed by atoms with Gasteiger partial charge < -0.3 is 5.32 Å². The van der Waals surface area contributed by atoms with Crippen molar-refractivity contribution < 1.29 is 13.2 Å². The molecule has 4 aliphatic carbocycles. The second-order valence-electron chi connectivity index (χ2n) is 11.0. The van der Waals surface area contributed by atoms with Crippen molar-refractivity contribution in [1.29, 1.82) is 0 Å². The van der Waals surface area contributed by atoms with Crippen molar-refractivity contribution in [3.8, 4) is 0 Å². The molecule has 6 rings (SSSR count). The Balaban J connectivity index is 1.32. The smallest absolute Gasteiger partial charge is 0.241 e. The highest BCUT2D eigenvalue weighted by molar-refractivity contribution is 7.92. The summed E-state index contributed by atoms with van der Waals surface area (Å²) in [6.45, 7) is 1.79. The van der Waals surface area contributed by atoms with E-state index in [9.17, 15) is 13.2 Å². The van der Waals surface area contributed by atoms with E-state index in [1.807, 2.05) is 49.4 Å². The monoisotopic (exact) mass is 480 g/mol. The van der Waals surface area contributed by atoms with Crippen molar-refractivity contribution in [2.75, 3.05) is 17.1 Å². The van der Waals surface area contributed by atoms with E-state index in [2.05, 4.69) is 17.4 Å². The van der Waals surface area contributed by atoms with Gasteiger partial charge in [0.25, 0.3) is 0 Å². The highest BCUT2D eigenvalue weighted by Crippen LogP contribution is 2.60. The summed E-state index contributed by atoms with van der Waals surface area (Å²) in [5.41, 5.74) is 3.19. The van der Waals surface area contributed by atoms with E-state index in [1.54, 1.807) is 0 Å². The quantitative estimate of drug-likeness (QED) is 0.566. The van der Waals surface area contributed by atoms with Crippen LogP contribution in [0.2, 0.25) is 0 Å². The van der Waals surface area contributed by atoms with Crippen molar-refractivity contribution in [2.24, 2.45) is 17.8 Å². The summed E-state index contributed by atoms with van der Waals surface area (Å²) in [7, 11) is -3.61. The van der Waals surface area contributed by atoms with E-state index in [1.165, 1.54) is 54.6 Å². The lowest BCUT2D eigenvalue weighted by Crippen LogP contribution is -2.48. The average molecular weight is 481 g/mol. The minimum absolute atomic E-state index is 0.145. The standard InChI is InChI=1S/C28H36N2O3S/c1-3-26(23-7-5-4-6-8-23)29-27(31)19-30(34(2,32)33)25-11-9-24(10-12-25)28-16-20-13-21(17-28)15-22(14-20)18-28/h4-12,20-22,26H,3,13-19H2,1-2H3,(H,29,31)/t20?,21?,22?,26-,28?/m0/s1. The Labute approximate surface area is 204 Å². The summed E-state index contributed by atoms with van der Waals surface area (Å²) in [6.07, 6.45) is 9.91. The molecule has 1 N–H and O–H groups in total. The van der Waals surface area contributed by atoms with Gasteiger partial charge in [0.1, 0.15) is 6.54 Å². The summed E-state index contributed by atoms with van der Waals surface area (Å²) >= 11 is 0. The fourth-order valence-electron chi connectivity index (χ4n) is 7.32. The van der Waals surface area contributed by atoms with Crippen LogP contribution < -0.4 is 9.62 Å². The first-order valence-electron chi connectivity index (χ1n) is 12.7. The molecule has 2 aromatic carbocycles. The van der Waals surface area contributed by atoms with Gasteiger partial charge in [0.05, 0.1) is 18.0 Å². The minimum atomic E-state index is -3.61. The van der Waals surface area contributed by atoms with Crippen LogP contribution in [-0.4, -0.2) is 27.1 Å². The summed E-state index contributed by atoms with van der Waals surface area (Å²) in [5, 5.41) is 3.01. The molecule has 182 valence electrons. The zero-order valence-electron chi connectivity index (χ0n) is 20.2. The Morgan fingerprint density at radius 2 is 1.53 bits per heavy atom. The predicted octanol–water partition coefficient (Wildman–Crippen LogP) is 5.19. The molecule has 0 spiro atoms. The molecule has 1 amide bonds. The van der Waals surface area contributed by atoms with Crippen molar-refractivity contribution in [2.45, 2.75) is 63.3 Å². The van der Waals surface area contributed by atoms with Crippen LogP contribution in [0.4, 0.5) is 5.69 Å². The SMILES string of the molecule is CC[C@H](NC(=O)CN(c1ccc(C23CC4CC(CC(C4)C2)C3)cc1)S(C)(=O)=O)c1ccccc1. The number of anilines is 1. The van der Waals surface area contributed by atoms with Crippen molar-refractivity contribution >= 4 is 21.6 Å². The molecule has 0 unspecified atom stereocenters. The highest BCUT2D eigenvalue weighted by atomic mass is 32.2. The maximum absolute atomic E-state index is 12.9. The third kappa shape index (κ3) is 4.61. The number of hydrogen-bond donors (Lipinski definition) is 1. The first kappa shape index (κ1) is 23.4. The van der Waals surface area contributed by atoms with Gasteiger partial charge in [-0.3, -0.25) is 9.10 Å². The molecule has 4 bridgehead atoms. The fraction of sp³-hybridized carbons (Fsp3) is 0.536. The highest BCUT2D eigenvalue weighted by Gasteiger charge is 2.51. The lowest BCUT2D eigenvalue weighted by Gasteiger charge is -2.57. The van der Waals surface area contributed by atoms with Gasteiger partial charge in [-0.1, -0.05) is 49.4 Å². The number of nitrogens with one attached hydrogen (secondary N) is 1. The maximum atomic E-state index is 12.9. The number of rotatable bonds is 8. The normalized spacial score (nSPS) is 28.5. The number of benzene rings is 2. The maximum Gasteiger partial charge on any atom is 0.241 e. The molecule has 4 aliphatic rings. The largest absolute Gasteiger partial charge is 0.348 e. The average Bonchev–Trinajstić information content (AvgIpc) is 2.80. The van der Waals surface area contributed by atoms with Gasteiger partial charge >= 0.3 is 0 Å². The predicted molar refractivity (Wildman–Crippen MR) is 136 cm³/mol. The van der Waals surface area contributed by atoms with Crippen LogP contribution in [0.3, 0.4) is 0 Å². The molecule has 2 aromatic rings. The lowest BCUT2D eigenvalue weighted by molar-refractivity contribution is -0.120. The number of hydrogen-bond acceptors (Lipinski definition) is 3. The Bertz CT molecular complexity index is 1090. The first-order chi connectivity index (χ1) is 16.3. The minimum Gasteiger partial charge on any atom is -0.348 e. The third-order valence-electron chi connectivity index (χ3n) is 8.44. The molecular formula is C28H36N2O3S. The lowest BCUT2D eigenvalue weighted by atomic mass is 9.48. The second kappa shape index (κ2) is 9.03. The second-order valence-corrected chi connectivity index (χ2v) is 12.9. The summed E-state index contributed by atoms with van der Waals surface area (Å²) < 4.78 is 26.5. The third-order valence-corrected chi connectivity index (χ3v) is 9.58. The zero-order valence-corrected chi connectivity index (χ0v) is 21.1. The molecule has 1 atom stereocenters. The number of sulfonamides is 1. The van der Waals surface area contributed by atoms with Gasteiger partial charge in [0.15, 0.2) is 0 Å². The van der Waals surface area contributed by atoms with Gasteiger partial charge in [-0.15, -0.1) is 0 Å². The van der Waals surface area contributed by atoms with Crippen molar-refractivity contribution in [3.05, 3.63) is 65.7 Å². The van der Waals surface area contributed by atoms with Gasteiger partial charge in [-0.05, 0) is 91.4 Å². The molecule has 0 radical (unpaired) electrons. The topological polar surface area (TPSA) is 66.5 Å². The van der Waals surface area contributed by atoms with Crippen LogP contribution >= 0.6 is 0 Å². The van der Waals surface area contributed by atoms with E-state index in [0.717, 1.165) is 29.7 Å². The van der Waals surface area contributed by atoms with Crippen molar-refractivity contribution in [1.82, 2.24) is 5.32 Å². The Morgan fingerprint density at radius 1 is 0.971 bits per heavy atom. The summed E-state index contributed by atoms with van der Waals surface area (Å²) in [5.74, 6) is 2.28. The molecule has 6 heteroatoms. The first-order valence-corrected chi connectivity index (χ1v) is 14.5. The van der Waals surface area contributed by atoms with Crippen LogP contribution in [0, 0.1) is 17.8 Å². The van der Waals surface area contributed by atoms with Crippen LogP contribution in [0.25, 0.3) is 0 Å². The van der Waals surface area contributed by atoms with E-state index in [-0.39, 0.29) is 23.9 Å². The van der Waals surface area contributed by atoms with E-state index >= 15 is 0 Å². The van der Waals surface area contributed by atoms with Crippen LogP contribution in [-0.2, 0) is 20.2 Å². The fourth-order valence-corrected chi connectivity index (χ4v) is 8.18. The number of amides is 1. The van der Waals surface area contributed by atoms with Gasteiger partial charge in [0.2, 0.25) is 15.9 Å².